The Morgan fingerprint density at radius 1 is 0.800 bits per heavy atom. The molecule has 3 nitrogen and oxygen atoms in total. The SMILES string of the molecule is CN.OCCCCCCO. The fraction of sp³-hybridized carbons (Fsp3) is 1.00. The van der Waals surface area contributed by atoms with Gasteiger partial charge in [0.05, 0.1) is 0 Å². The summed E-state index contributed by atoms with van der Waals surface area (Å²) in [4.78, 5) is 0. The summed E-state index contributed by atoms with van der Waals surface area (Å²) in [5.74, 6) is 0. The van der Waals surface area contributed by atoms with Crippen molar-refractivity contribution >= 4 is 0 Å². The van der Waals surface area contributed by atoms with Crippen LogP contribution in [0.4, 0.5) is 0 Å². The van der Waals surface area contributed by atoms with E-state index in [0.29, 0.717) is 0 Å². The lowest BCUT2D eigenvalue weighted by Gasteiger charge is -1.93. The van der Waals surface area contributed by atoms with E-state index in [2.05, 4.69) is 5.73 Å². The van der Waals surface area contributed by atoms with Crippen LogP contribution in [0.2, 0.25) is 0 Å². The van der Waals surface area contributed by atoms with Crippen molar-refractivity contribution in [1.82, 2.24) is 0 Å². The van der Waals surface area contributed by atoms with E-state index in [4.69, 9.17) is 10.2 Å². The van der Waals surface area contributed by atoms with E-state index < -0.39 is 0 Å². The Hall–Kier alpha value is -0.120. The van der Waals surface area contributed by atoms with Gasteiger partial charge in [-0.25, -0.2) is 0 Å². The molecular weight excluding hydrogens is 130 g/mol. The highest BCUT2D eigenvalue weighted by molar-refractivity contribution is 4.39. The first-order chi connectivity index (χ1) is 4.91. The van der Waals surface area contributed by atoms with Gasteiger partial charge < -0.3 is 15.9 Å². The van der Waals surface area contributed by atoms with Crippen LogP contribution in [-0.4, -0.2) is 30.5 Å². The quantitative estimate of drug-likeness (QED) is 0.486. The van der Waals surface area contributed by atoms with Crippen LogP contribution in [0, 0.1) is 0 Å². The molecule has 0 saturated carbocycles. The molecule has 0 aromatic rings. The third-order valence-electron chi connectivity index (χ3n) is 1.07. The maximum Gasteiger partial charge on any atom is 0.0431 e. The summed E-state index contributed by atoms with van der Waals surface area (Å²) < 4.78 is 0. The minimum atomic E-state index is 0.283. The Kier molecular flexibility index (Phi) is 20.0. The summed E-state index contributed by atoms with van der Waals surface area (Å²) in [6, 6.07) is 0. The highest BCUT2D eigenvalue weighted by Gasteiger charge is 1.84. The molecule has 0 saturated heterocycles. The van der Waals surface area contributed by atoms with Gasteiger partial charge in [0.15, 0.2) is 0 Å². The standard InChI is InChI=1S/C6H14O2.CH5N/c7-5-3-1-2-4-6-8;1-2/h7-8H,1-6H2;2H2,1H3. The number of rotatable bonds is 5. The van der Waals surface area contributed by atoms with Crippen LogP contribution in [0.5, 0.6) is 0 Å². The van der Waals surface area contributed by atoms with Gasteiger partial charge in [-0.2, -0.15) is 0 Å². The molecular formula is C7H19NO2. The second kappa shape index (κ2) is 15.9. The van der Waals surface area contributed by atoms with Crippen molar-refractivity contribution in [3.63, 3.8) is 0 Å². The average Bonchev–Trinajstić information content (AvgIpc) is 2.02. The molecule has 0 bridgehead atoms. The molecule has 0 amide bonds. The summed E-state index contributed by atoms with van der Waals surface area (Å²) in [7, 11) is 1.50. The first-order valence-electron chi connectivity index (χ1n) is 3.71. The third-order valence-corrected chi connectivity index (χ3v) is 1.07. The lowest BCUT2D eigenvalue weighted by Crippen LogP contribution is -1.85. The molecule has 0 aromatic carbocycles. The van der Waals surface area contributed by atoms with Gasteiger partial charge >= 0.3 is 0 Å². The van der Waals surface area contributed by atoms with Crippen molar-refractivity contribution in [3.05, 3.63) is 0 Å². The average molecular weight is 149 g/mol. The highest BCUT2D eigenvalue weighted by Crippen LogP contribution is 1.96. The molecule has 0 aliphatic carbocycles. The van der Waals surface area contributed by atoms with Crippen molar-refractivity contribution in [3.8, 4) is 0 Å². The number of hydrogen-bond acceptors (Lipinski definition) is 3. The summed E-state index contributed by atoms with van der Waals surface area (Å²) in [6.45, 7) is 0.566. The van der Waals surface area contributed by atoms with Crippen molar-refractivity contribution in [1.29, 1.82) is 0 Å². The van der Waals surface area contributed by atoms with Crippen LogP contribution < -0.4 is 5.73 Å². The van der Waals surface area contributed by atoms with Crippen molar-refractivity contribution in [2.24, 2.45) is 5.73 Å². The molecule has 0 unspecified atom stereocenters. The predicted molar refractivity (Wildman–Crippen MR) is 42.8 cm³/mol. The smallest absolute Gasteiger partial charge is 0.0431 e. The van der Waals surface area contributed by atoms with Crippen LogP contribution in [0.3, 0.4) is 0 Å². The molecule has 4 N–H and O–H groups in total. The lowest BCUT2D eigenvalue weighted by atomic mass is 10.2. The van der Waals surface area contributed by atoms with E-state index in [-0.39, 0.29) is 13.2 Å². The molecule has 0 rings (SSSR count). The minimum Gasteiger partial charge on any atom is -0.396 e. The Labute approximate surface area is 62.9 Å². The number of aliphatic hydroxyl groups is 2. The van der Waals surface area contributed by atoms with Gasteiger partial charge in [0, 0.05) is 13.2 Å². The summed E-state index contributed by atoms with van der Waals surface area (Å²) in [5, 5.41) is 16.6. The van der Waals surface area contributed by atoms with Crippen molar-refractivity contribution in [2.75, 3.05) is 20.3 Å². The minimum absolute atomic E-state index is 0.283. The number of unbranched alkanes of at least 4 members (excludes halogenated alkanes) is 3. The largest absolute Gasteiger partial charge is 0.396 e. The molecule has 64 valence electrons. The molecule has 0 aromatic heterocycles. The monoisotopic (exact) mass is 149 g/mol. The fourth-order valence-electron chi connectivity index (χ4n) is 0.577. The number of aliphatic hydroxyl groups excluding tert-OH is 2. The van der Waals surface area contributed by atoms with E-state index in [0.717, 1.165) is 25.7 Å². The third kappa shape index (κ3) is 15.7. The maximum atomic E-state index is 8.30. The summed E-state index contributed by atoms with van der Waals surface area (Å²) in [5.41, 5.74) is 4.50. The molecule has 0 spiro atoms. The van der Waals surface area contributed by atoms with E-state index in [1.165, 1.54) is 7.05 Å². The molecule has 10 heavy (non-hydrogen) atoms. The molecule has 0 fully saturated rings. The molecule has 0 aliphatic rings. The van der Waals surface area contributed by atoms with Crippen LogP contribution >= 0.6 is 0 Å². The lowest BCUT2D eigenvalue weighted by molar-refractivity contribution is 0.265. The van der Waals surface area contributed by atoms with Crippen LogP contribution in [-0.2, 0) is 0 Å². The van der Waals surface area contributed by atoms with Gasteiger partial charge in [-0.3, -0.25) is 0 Å². The molecule has 3 heteroatoms. The maximum absolute atomic E-state index is 8.30. The fourth-order valence-corrected chi connectivity index (χ4v) is 0.577. The number of nitrogens with two attached hydrogens (primary N) is 1. The topological polar surface area (TPSA) is 66.5 Å². The van der Waals surface area contributed by atoms with Crippen LogP contribution in [0.25, 0.3) is 0 Å². The first kappa shape index (κ1) is 12.5. The van der Waals surface area contributed by atoms with E-state index in [1.807, 2.05) is 0 Å². The van der Waals surface area contributed by atoms with Gasteiger partial charge in [0.25, 0.3) is 0 Å². The van der Waals surface area contributed by atoms with Gasteiger partial charge in [-0.15, -0.1) is 0 Å². The van der Waals surface area contributed by atoms with Gasteiger partial charge in [-0.05, 0) is 19.9 Å². The van der Waals surface area contributed by atoms with Gasteiger partial charge in [0.1, 0.15) is 0 Å². The first-order valence-corrected chi connectivity index (χ1v) is 3.71. The Bertz CT molecular complexity index is 36.6. The Balaban J connectivity index is 0. The van der Waals surface area contributed by atoms with Crippen molar-refractivity contribution in [2.45, 2.75) is 25.7 Å². The van der Waals surface area contributed by atoms with E-state index in [9.17, 15) is 0 Å². The van der Waals surface area contributed by atoms with Crippen LogP contribution in [0.15, 0.2) is 0 Å². The zero-order valence-corrected chi connectivity index (χ0v) is 6.71. The highest BCUT2D eigenvalue weighted by atomic mass is 16.3. The molecule has 0 radical (unpaired) electrons. The van der Waals surface area contributed by atoms with Crippen LogP contribution in [0.1, 0.15) is 25.7 Å². The van der Waals surface area contributed by atoms with Crippen molar-refractivity contribution < 1.29 is 10.2 Å². The predicted octanol–water partition coefficient (Wildman–Crippen LogP) is 0.106. The molecule has 0 aliphatic heterocycles. The summed E-state index contributed by atoms with van der Waals surface area (Å²) in [6.07, 6.45) is 3.83. The second-order valence-corrected chi connectivity index (χ2v) is 1.86. The molecule has 0 heterocycles. The number of hydrogen-bond donors (Lipinski definition) is 3. The zero-order valence-electron chi connectivity index (χ0n) is 6.71. The Morgan fingerprint density at radius 3 is 1.30 bits per heavy atom. The molecule has 0 atom stereocenters. The van der Waals surface area contributed by atoms with Gasteiger partial charge in [0.2, 0.25) is 0 Å². The zero-order chi connectivity index (χ0) is 8.24. The Morgan fingerprint density at radius 2 is 1.10 bits per heavy atom. The van der Waals surface area contributed by atoms with E-state index in [1.54, 1.807) is 0 Å². The van der Waals surface area contributed by atoms with Gasteiger partial charge in [-0.1, -0.05) is 12.8 Å². The second-order valence-electron chi connectivity index (χ2n) is 1.86. The summed E-state index contributed by atoms with van der Waals surface area (Å²) >= 11 is 0. The van der Waals surface area contributed by atoms with E-state index >= 15 is 0 Å². The normalized spacial score (nSPS) is 8.40.